The van der Waals surface area contributed by atoms with Crippen LogP contribution < -0.4 is 0 Å². The van der Waals surface area contributed by atoms with E-state index in [2.05, 4.69) is 26.8 Å². The molecule has 0 aliphatic rings. The lowest BCUT2D eigenvalue weighted by Crippen LogP contribution is -1.81. The quantitative estimate of drug-likeness (QED) is 0.446. The van der Waals surface area contributed by atoms with Crippen LogP contribution in [0.5, 0.6) is 0 Å². The Hall–Kier alpha value is -0.720. The van der Waals surface area contributed by atoms with Gasteiger partial charge in [-0.05, 0) is 39.7 Å². The Morgan fingerprint density at radius 1 is 1.27 bits per heavy atom. The maximum atomic E-state index is 5.14. The van der Waals surface area contributed by atoms with Gasteiger partial charge in [0.05, 0.1) is 12.9 Å². The van der Waals surface area contributed by atoms with E-state index in [0.717, 1.165) is 13.0 Å². The van der Waals surface area contributed by atoms with E-state index in [4.69, 9.17) is 4.74 Å². The molecule has 0 aromatic heterocycles. The third-order valence-corrected chi connectivity index (χ3v) is 1.28. The lowest BCUT2D eigenvalue weighted by Gasteiger charge is -1.97. The van der Waals surface area contributed by atoms with E-state index in [0.29, 0.717) is 0 Å². The first kappa shape index (κ1) is 10.3. The summed E-state index contributed by atoms with van der Waals surface area (Å²) < 4.78 is 5.14. The summed E-state index contributed by atoms with van der Waals surface area (Å²) in [5, 5.41) is 0. The van der Waals surface area contributed by atoms with Crippen LogP contribution in [0, 0.1) is 0 Å². The SMILES string of the molecule is CCOC=C(C)CC=C(C)C. The minimum absolute atomic E-state index is 0.756. The fourth-order valence-electron chi connectivity index (χ4n) is 0.639. The molecule has 1 nitrogen and oxygen atoms in total. The van der Waals surface area contributed by atoms with Gasteiger partial charge in [-0.25, -0.2) is 0 Å². The summed E-state index contributed by atoms with van der Waals surface area (Å²) in [7, 11) is 0. The molecule has 0 atom stereocenters. The molecule has 0 saturated carbocycles. The van der Waals surface area contributed by atoms with E-state index in [1.807, 2.05) is 13.2 Å². The molecular formula is C10H18O. The standard InChI is InChI=1S/C10H18O/c1-5-11-8-10(4)7-6-9(2)3/h6,8H,5,7H2,1-4H3. The van der Waals surface area contributed by atoms with Gasteiger partial charge in [0.25, 0.3) is 0 Å². The molecule has 0 saturated heterocycles. The Balaban J connectivity index is 3.68. The Morgan fingerprint density at radius 3 is 2.36 bits per heavy atom. The Labute approximate surface area is 69.8 Å². The molecule has 0 fully saturated rings. The van der Waals surface area contributed by atoms with Crippen LogP contribution in [0.1, 0.15) is 34.1 Å². The average Bonchev–Trinajstić information content (AvgIpc) is 1.97. The van der Waals surface area contributed by atoms with E-state index in [-0.39, 0.29) is 0 Å². The third-order valence-electron chi connectivity index (χ3n) is 1.28. The third kappa shape index (κ3) is 7.17. The van der Waals surface area contributed by atoms with Crippen LogP contribution in [0.2, 0.25) is 0 Å². The highest BCUT2D eigenvalue weighted by Gasteiger charge is 1.85. The van der Waals surface area contributed by atoms with Crippen molar-refractivity contribution in [3.63, 3.8) is 0 Å². The predicted molar refractivity (Wildman–Crippen MR) is 49.4 cm³/mol. The molecular weight excluding hydrogens is 136 g/mol. The number of rotatable bonds is 4. The van der Waals surface area contributed by atoms with E-state index >= 15 is 0 Å². The molecule has 0 amide bonds. The zero-order valence-electron chi connectivity index (χ0n) is 7.98. The minimum atomic E-state index is 0.756. The van der Waals surface area contributed by atoms with Crippen molar-refractivity contribution < 1.29 is 4.74 Å². The monoisotopic (exact) mass is 154 g/mol. The minimum Gasteiger partial charge on any atom is -0.502 e. The molecule has 0 spiro atoms. The molecule has 64 valence electrons. The normalized spacial score (nSPS) is 11.1. The molecule has 0 aromatic carbocycles. The smallest absolute Gasteiger partial charge is 0.0845 e. The zero-order chi connectivity index (χ0) is 8.69. The molecule has 0 unspecified atom stereocenters. The molecule has 0 aromatic rings. The van der Waals surface area contributed by atoms with Crippen molar-refractivity contribution in [1.82, 2.24) is 0 Å². The van der Waals surface area contributed by atoms with Gasteiger partial charge in [0.1, 0.15) is 0 Å². The van der Waals surface area contributed by atoms with Crippen molar-refractivity contribution in [2.24, 2.45) is 0 Å². The van der Waals surface area contributed by atoms with Gasteiger partial charge in [-0.3, -0.25) is 0 Å². The second-order valence-corrected chi connectivity index (χ2v) is 2.91. The van der Waals surface area contributed by atoms with Crippen molar-refractivity contribution in [3.8, 4) is 0 Å². The highest BCUT2D eigenvalue weighted by molar-refractivity contribution is 5.05. The maximum Gasteiger partial charge on any atom is 0.0845 e. The van der Waals surface area contributed by atoms with Crippen LogP contribution in [0.15, 0.2) is 23.5 Å². The largest absolute Gasteiger partial charge is 0.502 e. The van der Waals surface area contributed by atoms with Gasteiger partial charge >= 0.3 is 0 Å². The van der Waals surface area contributed by atoms with Crippen molar-refractivity contribution >= 4 is 0 Å². The Bertz CT molecular complexity index is 150. The van der Waals surface area contributed by atoms with Crippen LogP contribution in [0.25, 0.3) is 0 Å². The van der Waals surface area contributed by atoms with E-state index in [1.54, 1.807) is 0 Å². The molecule has 0 aliphatic heterocycles. The average molecular weight is 154 g/mol. The molecule has 0 rings (SSSR count). The van der Waals surface area contributed by atoms with E-state index in [1.165, 1.54) is 11.1 Å². The summed E-state index contributed by atoms with van der Waals surface area (Å²) in [5.41, 5.74) is 2.63. The van der Waals surface area contributed by atoms with Gasteiger partial charge in [-0.15, -0.1) is 0 Å². The van der Waals surface area contributed by atoms with Crippen LogP contribution in [0.4, 0.5) is 0 Å². The van der Waals surface area contributed by atoms with Gasteiger partial charge in [-0.2, -0.15) is 0 Å². The first-order valence-electron chi connectivity index (χ1n) is 4.07. The van der Waals surface area contributed by atoms with Gasteiger partial charge in [0.15, 0.2) is 0 Å². The van der Waals surface area contributed by atoms with E-state index in [9.17, 15) is 0 Å². The van der Waals surface area contributed by atoms with Gasteiger partial charge in [0, 0.05) is 0 Å². The van der Waals surface area contributed by atoms with Crippen molar-refractivity contribution in [2.75, 3.05) is 6.61 Å². The van der Waals surface area contributed by atoms with Gasteiger partial charge < -0.3 is 4.74 Å². The van der Waals surface area contributed by atoms with Gasteiger partial charge in [-0.1, -0.05) is 11.6 Å². The maximum absolute atomic E-state index is 5.14. The van der Waals surface area contributed by atoms with Crippen molar-refractivity contribution in [1.29, 1.82) is 0 Å². The summed E-state index contributed by atoms with van der Waals surface area (Å²) >= 11 is 0. The molecule has 0 heterocycles. The number of ether oxygens (including phenoxy) is 1. The molecule has 0 bridgehead atoms. The Kier molecular flexibility index (Phi) is 5.63. The fourth-order valence-corrected chi connectivity index (χ4v) is 0.639. The molecule has 0 radical (unpaired) electrons. The second kappa shape index (κ2) is 6.02. The fraction of sp³-hybridized carbons (Fsp3) is 0.600. The first-order valence-corrected chi connectivity index (χ1v) is 4.07. The summed E-state index contributed by atoms with van der Waals surface area (Å²) in [5.74, 6) is 0. The molecule has 0 aliphatic carbocycles. The Morgan fingerprint density at radius 2 is 1.91 bits per heavy atom. The molecule has 0 N–H and O–H groups in total. The van der Waals surface area contributed by atoms with Crippen LogP contribution >= 0.6 is 0 Å². The van der Waals surface area contributed by atoms with Crippen LogP contribution in [0.3, 0.4) is 0 Å². The highest BCUT2D eigenvalue weighted by atomic mass is 16.5. The van der Waals surface area contributed by atoms with Crippen LogP contribution in [-0.4, -0.2) is 6.61 Å². The number of allylic oxidation sites excluding steroid dienone is 3. The second-order valence-electron chi connectivity index (χ2n) is 2.91. The molecule has 11 heavy (non-hydrogen) atoms. The number of hydrogen-bond donors (Lipinski definition) is 0. The van der Waals surface area contributed by atoms with E-state index < -0.39 is 0 Å². The lowest BCUT2D eigenvalue weighted by molar-refractivity contribution is 0.265. The van der Waals surface area contributed by atoms with Crippen molar-refractivity contribution in [3.05, 3.63) is 23.5 Å². The lowest BCUT2D eigenvalue weighted by atomic mass is 10.2. The summed E-state index contributed by atoms with van der Waals surface area (Å²) in [6.45, 7) is 9.04. The summed E-state index contributed by atoms with van der Waals surface area (Å²) in [6, 6.07) is 0. The predicted octanol–water partition coefficient (Wildman–Crippen LogP) is 3.28. The summed E-state index contributed by atoms with van der Waals surface area (Å²) in [4.78, 5) is 0. The van der Waals surface area contributed by atoms with Gasteiger partial charge in [0.2, 0.25) is 0 Å². The van der Waals surface area contributed by atoms with Crippen molar-refractivity contribution in [2.45, 2.75) is 34.1 Å². The first-order chi connectivity index (χ1) is 5.16. The highest BCUT2D eigenvalue weighted by Crippen LogP contribution is 2.03. The summed E-state index contributed by atoms with van der Waals surface area (Å²) in [6.07, 6.45) is 5.03. The molecule has 1 heteroatoms. The van der Waals surface area contributed by atoms with Crippen LogP contribution in [-0.2, 0) is 4.74 Å². The number of hydrogen-bond acceptors (Lipinski definition) is 1. The topological polar surface area (TPSA) is 9.23 Å². The zero-order valence-corrected chi connectivity index (χ0v) is 7.98.